The number of hydrazone groups is 1. The number of benzene rings is 2. The lowest BCUT2D eigenvalue weighted by Crippen LogP contribution is -2.22. The molecular weight excluding hydrogens is 432 g/mol. The van der Waals surface area contributed by atoms with E-state index in [-0.39, 0.29) is 23.1 Å². The second-order valence-corrected chi connectivity index (χ2v) is 8.46. The molecule has 0 bridgehead atoms. The quantitative estimate of drug-likeness (QED) is 0.570. The predicted octanol–water partition coefficient (Wildman–Crippen LogP) is 3.78. The Hall–Kier alpha value is -4.33. The summed E-state index contributed by atoms with van der Waals surface area (Å²) in [5.41, 5.74) is 4.00. The van der Waals surface area contributed by atoms with Gasteiger partial charge in [0.15, 0.2) is 24.3 Å². The molecule has 2 aliphatic heterocycles. The highest BCUT2D eigenvalue weighted by Gasteiger charge is 2.28. The van der Waals surface area contributed by atoms with E-state index >= 15 is 0 Å². The summed E-state index contributed by atoms with van der Waals surface area (Å²) in [4.78, 5) is 29.4. The molecule has 0 radical (unpaired) electrons. The van der Waals surface area contributed by atoms with E-state index in [1.165, 1.54) is 6.07 Å². The molecule has 0 fully saturated rings. The van der Waals surface area contributed by atoms with Crippen LogP contribution in [0.4, 0.5) is 5.69 Å². The molecule has 2 aromatic carbocycles. The van der Waals surface area contributed by atoms with Crippen molar-refractivity contribution >= 4 is 40.3 Å². The molecule has 0 spiro atoms. The average molecular weight is 455 g/mol. The summed E-state index contributed by atoms with van der Waals surface area (Å²) in [5.74, 6) is -0.642. The predicted molar refractivity (Wildman–Crippen MR) is 132 cm³/mol. The van der Waals surface area contributed by atoms with Crippen molar-refractivity contribution in [3.63, 3.8) is 0 Å². The molecule has 0 amide bonds. The molecule has 170 valence electrons. The molecule has 3 heterocycles. The van der Waals surface area contributed by atoms with Crippen LogP contribution in [0.1, 0.15) is 40.2 Å². The molecule has 2 unspecified atom stereocenters. The highest BCUT2D eigenvalue weighted by Crippen LogP contribution is 2.29. The zero-order chi connectivity index (χ0) is 24.0. The van der Waals surface area contributed by atoms with Gasteiger partial charge >= 0.3 is 5.97 Å². The number of allylic oxidation sites excluding steroid dienone is 1. The van der Waals surface area contributed by atoms with Crippen molar-refractivity contribution in [2.45, 2.75) is 25.9 Å². The maximum absolute atomic E-state index is 13.1. The summed E-state index contributed by atoms with van der Waals surface area (Å²) >= 11 is 0. The third-order valence-electron chi connectivity index (χ3n) is 5.87. The van der Waals surface area contributed by atoms with E-state index in [0.29, 0.717) is 28.1 Å². The largest absolute Gasteiger partial charge is 0.478 e. The van der Waals surface area contributed by atoms with Crippen LogP contribution in [0.15, 0.2) is 73.9 Å². The van der Waals surface area contributed by atoms with Crippen molar-refractivity contribution in [3.05, 3.63) is 87.3 Å². The number of aliphatic imine (C=N–C) groups is 1. The Morgan fingerprint density at radius 1 is 1.21 bits per heavy atom. The van der Waals surface area contributed by atoms with E-state index in [1.54, 1.807) is 41.1 Å². The summed E-state index contributed by atoms with van der Waals surface area (Å²) in [6.45, 7) is 3.82. The Balaban J connectivity index is 1.59. The number of aromatic carboxylic acids is 1. The van der Waals surface area contributed by atoms with Crippen LogP contribution in [0.5, 0.6) is 0 Å². The molecule has 2 atom stereocenters. The Bertz CT molecular complexity index is 1530. The normalized spacial score (nSPS) is 17.6. The summed E-state index contributed by atoms with van der Waals surface area (Å²) in [6, 6.07) is 11.4. The maximum atomic E-state index is 13.1. The minimum absolute atomic E-state index is 0.164. The Morgan fingerprint density at radius 2 is 2.00 bits per heavy atom. The Labute approximate surface area is 195 Å². The lowest BCUT2D eigenvalue weighted by atomic mass is 10.00. The summed E-state index contributed by atoms with van der Waals surface area (Å²) in [5, 5.41) is 17.6. The van der Waals surface area contributed by atoms with Crippen LogP contribution in [0.2, 0.25) is 0 Å². The van der Waals surface area contributed by atoms with Gasteiger partial charge in [0.1, 0.15) is 17.0 Å². The van der Waals surface area contributed by atoms with Crippen molar-refractivity contribution < 1.29 is 19.0 Å². The Kier molecular flexibility index (Phi) is 5.20. The minimum Gasteiger partial charge on any atom is -0.478 e. The zero-order valence-corrected chi connectivity index (χ0v) is 18.9. The number of anilines is 1. The van der Waals surface area contributed by atoms with Crippen molar-refractivity contribution in [1.29, 1.82) is 0 Å². The van der Waals surface area contributed by atoms with Gasteiger partial charge in [-0.05, 0) is 54.9 Å². The Morgan fingerprint density at radius 3 is 2.79 bits per heavy atom. The fourth-order valence-electron chi connectivity index (χ4n) is 4.28. The van der Waals surface area contributed by atoms with Crippen molar-refractivity contribution in [2.24, 2.45) is 10.1 Å². The molecular formula is C26H23N4O4+. The molecule has 0 aliphatic carbocycles. The van der Waals surface area contributed by atoms with Crippen LogP contribution in [0, 0.1) is 6.92 Å². The van der Waals surface area contributed by atoms with E-state index in [9.17, 15) is 14.7 Å². The topological polar surface area (TPSA) is 107 Å². The number of carboxylic acid groups (broad SMARTS) is 1. The van der Waals surface area contributed by atoms with Gasteiger partial charge in [-0.3, -0.25) is 9.79 Å². The van der Waals surface area contributed by atoms with Crippen LogP contribution >= 0.6 is 0 Å². The van der Waals surface area contributed by atoms with Crippen molar-refractivity contribution in [3.8, 4) is 0 Å². The highest BCUT2D eigenvalue weighted by atomic mass is 16.4. The molecule has 5 rings (SSSR count). The number of carboxylic acids is 1. The summed E-state index contributed by atoms with van der Waals surface area (Å²) in [7, 11) is 1.84. The smallest absolute Gasteiger partial charge is 0.337 e. The first-order valence-electron chi connectivity index (χ1n) is 10.9. The minimum atomic E-state index is -1.02. The SMILES string of the molecule is Cc1cc(C(C)Nc2ccccc2C(=O)O)c2oc(C3=NC4C=[N+](C)N=C4C=C3)cc(=O)c2c1. The van der Waals surface area contributed by atoms with Gasteiger partial charge in [-0.25, -0.2) is 4.79 Å². The fraction of sp³-hybridized carbons (Fsp3) is 0.192. The zero-order valence-electron chi connectivity index (χ0n) is 18.9. The lowest BCUT2D eigenvalue weighted by molar-refractivity contribution is -0.494. The van der Waals surface area contributed by atoms with E-state index in [4.69, 9.17) is 9.41 Å². The number of hydrogen-bond acceptors (Lipinski definition) is 6. The fourth-order valence-corrected chi connectivity index (χ4v) is 4.28. The number of dihydropyridines is 1. The number of nitrogens with one attached hydrogen (secondary N) is 1. The molecule has 8 heteroatoms. The van der Waals surface area contributed by atoms with E-state index in [0.717, 1.165) is 16.8 Å². The van der Waals surface area contributed by atoms with E-state index < -0.39 is 5.97 Å². The molecule has 2 N–H and O–H groups in total. The first kappa shape index (κ1) is 21.5. The number of hydrogen-bond donors (Lipinski definition) is 2. The first-order chi connectivity index (χ1) is 16.3. The third kappa shape index (κ3) is 3.83. The molecule has 3 aromatic rings. The number of fused-ring (bicyclic) bond motifs is 2. The number of nitrogens with zero attached hydrogens (tertiary/aromatic N) is 3. The van der Waals surface area contributed by atoms with Gasteiger partial charge in [-0.1, -0.05) is 22.9 Å². The average Bonchev–Trinajstić information content (AvgIpc) is 3.18. The highest BCUT2D eigenvalue weighted by molar-refractivity contribution is 6.20. The molecule has 0 saturated heterocycles. The first-order valence-corrected chi connectivity index (χ1v) is 10.9. The monoisotopic (exact) mass is 455 g/mol. The van der Waals surface area contributed by atoms with Gasteiger partial charge in [-0.2, -0.15) is 0 Å². The summed E-state index contributed by atoms with van der Waals surface area (Å²) in [6.07, 6.45) is 5.56. The number of para-hydroxylation sites is 1. The van der Waals surface area contributed by atoms with Gasteiger partial charge in [0, 0.05) is 17.3 Å². The van der Waals surface area contributed by atoms with Gasteiger partial charge in [-0.15, -0.1) is 0 Å². The van der Waals surface area contributed by atoms with Crippen LogP contribution in [0.25, 0.3) is 11.0 Å². The molecule has 2 aliphatic rings. The van der Waals surface area contributed by atoms with E-state index in [2.05, 4.69) is 10.4 Å². The van der Waals surface area contributed by atoms with E-state index in [1.807, 2.05) is 39.3 Å². The molecule has 1 aromatic heterocycles. The van der Waals surface area contributed by atoms with Crippen molar-refractivity contribution in [2.75, 3.05) is 12.4 Å². The maximum Gasteiger partial charge on any atom is 0.337 e. The van der Waals surface area contributed by atoms with Gasteiger partial charge < -0.3 is 14.8 Å². The molecule has 8 nitrogen and oxygen atoms in total. The van der Waals surface area contributed by atoms with Crippen molar-refractivity contribution in [1.82, 2.24) is 0 Å². The van der Waals surface area contributed by atoms with Gasteiger partial charge in [0.2, 0.25) is 6.21 Å². The number of aryl methyl sites for hydroxylation is 1. The van der Waals surface area contributed by atoms with Crippen LogP contribution in [-0.2, 0) is 0 Å². The van der Waals surface area contributed by atoms with Crippen LogP contribution in [-0.4, -0.2) is 46.5 Å². The van der Waals surface area contributed by atoms with Crippen LogP contribution in [0.3, 0.4) is 0 Å². The van der Waals surface area contributed by atoms with Gasteiger partial charge in [0.05, 0.1) is 17.0 Å². The van der Waals surface area contributed by atoms with Crippen LogP contribution < -0.4 is 10.7 Å². The second kappa shape index (κ2) is 8.22. The number of carbonyl (C=O) groups is 1. The number of rotatable bonds is 5. The molecule has 0 saturated carbocycles. The second-order valence-electron chi connectivity index (χ2n) is 8.46. The standard InChI is InChI=1S/C26H22N4O4/c1-14-10-17(15(2)27-19-7-5-4-6-16(19)26(32)33)25-18(11-14)23(31)12-24(34-25)21-9-8-20-22(28-21)13-30(3)29-20/h4-13,15,22,27H,1-3H3/p+1. The summed E-state index contributed by atoms with van der Waals surface area (Å²) < 4.78 is 7.99. The van der Waals surface area contributed by atoms with Gasteiger partial charge in [0.25, 0.3) is 0 Å². The molecule has 34 heavy (non-hydrogen) atoms. The lowest BCUT2D eigenvalue weighted by Gasteiger charge is -2.19. The third-order valence-corrected chi connectivity index (χ3v) is 5.87.